The van der Waals surface area contributed by atoms with Gasteiger partial charge in [0.25, 0.3) is 0 Å². The molecular formula is C29H33NO4. The van der Waals surface area contributed by atoms with Crippen molar-refractivity contribution in [2.75, 3.05) is 13.1 Å². The Morgan fingerprint density at radius 2 is 2.12 bits per heavy atom. The number of phenolic OH excluding ortho intramolecular Hbond substituents is 1. The fourth-order valence-corrected chi connectivity index (χ4v) is 7.56. The topological polar surface area (TPSA) is 70.0 Å². The molecule has 2 bridgehead atoms. The number of benzene rings is 2. The largest absolute Gasteiger partial charge is 0.504 e. The lowest BCUT2D eigenvalue weighted by atomic mass is 9.51. The van der Waals surface area contributed by atoms with Crippen LogP contribution in [0, 0.1) is 5.92 Å². The Labute approximate surface area is 201 Å². The molecule has 0 amide bonds. The first-order valence-corrected chi connectivity index (χ1v) is 12.5. The molecule has 2 N–H and O–H groups in total. The maximum atomic E-state index is 13.1. The number of Topliss-reactive ketones (excluding diaryl/α,β-unsaturated/α-hetero) is 1. The van der Waals surface area contributed by atoms with Crippen LogP contribution in [-0.2, 0) is 22.2 Å². The Hall–Kier alpha value is -2.63. The second kappa shape index (κ2) is 7.43. The minimum Gasteiger partial charge on any atom is -0.504 e. The van der Waals surface area contributed by atoms with Gasteiger partial charge in [-0.1, -0.05) is 49.4 Å². The summed E-state index contributed by atoms with van der Waals surface area (Å²) in [6.07, 6.45) is 4.58. The van der Waals surface area contributed by atoms with Crippen molar-refractivity contribution in [3.8, 4) is 11.5 Å². The highest BCUT2D eigenvalue weighted by molar-refractivity contribution is 5.89. The molecule has 2 heterocycles. The zero-order chi connectivity index (χ0) is 23.8. The van der Waals surface area contributed by atoms with Crippen LogP contribution in [-0.4, -0.2) is 46.1 Å². The van der Waals surface area contributed by atoms with Crippen molar-refractivity contribution in [3.05, 3.63) is 71.3 Å². The van der Waals surface area contributed by atoms with Crippen LogP contribution in [0.15, 0.2) is 49.1 Å². The third-order valence-electron chi connectivity index (χ3n) is 9.40. The van der Waals surface area contributed by atoms with Gasteiger partial charge in [0.1, 0.15) is 0 Å². The van der Waals surface area contributed by atoms with Crippen molar-refractivity contribution in [1.82, 2.24) is 4.90 Å². The number of aromatic hydroxyl groups is 1. The van der Waals surface area contributed by atoms with Gasteiger partial charge < -0.3 is 14.9 Å². The van der Waals surface area contributed by atoms with E-state index in [2.05, 4.69) is 17.5 Å². The van der Waals surface area contributed by atoms with Crippen molar-refractivity contribution >= 4 is 5.78 Å². The van der Waals surface area contributed by atoms with E-state index in [0.717, 1.165) is 49.0 Å². The van der Waals surface area contributed by atoms with Crippen LogP contribution in [0.2, 0.25) is 0 Å². The number of aliphatic hydroxyl groups is 1. The molecule has 2 aliphatic carbocycles. The molecule has 2 aromatic carbocycles. The molecule has 2 fully saturated rings. The quantitative estimate of drug-likeness (QED) is 0.656. The highest BCUT2D eigenvalue weighted by Crippen LogP contribution is 2.64. The monoisotopic (exact) mass is 459 g/mol. The molecule has 0 radical (unpaired) electrons. The van der Waals surface area contributed by atoms with Crippen LogP contribution in [0.5, 0.6) is 11.5 Å². The van der Waals surface area contributed by atoms with Gasteiger partial charge in [-0.15, -0.1) is 6.58 Å². The summed E-state index contributed by atoms with van der Waals surface area (Å²) in [6, 6.07) is 12.0. The molecule has 5 nitrogen and oxygen atoms in total. The smallest absolute Gasteiger partial charge is 0.174 e. The van der Waals surface area contributed by atoms with Crippen molar-refractivity contribution in [2.24, 2.45) is 5.92 Å². The van der Waals surface area contributed by atoms with E-state index in [-0.39, 0.29) is 22.9 Å². The summed E-state index contributed by atoms with van der Waals surface area (Å²) in [5.41, 5.74) is 2.18. The van der Waals surface area contributed by atoms with Gasteiger partial charge in [0.05, 0.1) is 5.60 Å². The van der Waals surface area contributed by atoms with Gasteiger partial charge >= 0.3 is 0 Å². The van der Waals surface area contributed by atoms with Gasteiger partial charge in [-0.3, -0.25) is 9.69 Å². The van der Waals surface area contributed by atoms with Gasteiger partial charge in [0.15, 0.2) is 23.4 Å². The predicted molar refractivity (Wildman–Crippen MR) is 130 cm³/mol. The Morgan fingerprint density at radius 1 is 1.35 bits per heavy atom. The summed E-state index contributed by atoms with van der Waals surface area (Å²) >= 11 is 0. The summed E-state index contributed by atoms with van der Waals surface area (Å²) in [5.74, 6) is 0.695. The third kappa shape index (κ3) is 2.71. The van der Waals surface area contributed by atoms with Crippen LogP contribution >= 0.6 is 0 Å². The Bertz CT molecular complexity index is 1170. The second-order valence-electron chi connectivity index (χ2n) is 10.9. The number of rotatable bonds is 5. The number of nitrogens with zero attached hydrogens (tertiary/aromatic N) is 1. The number of carbonyl (C=O) groups excluding carboxylic acids is 1. The van der Waals surface area contributed by atoms with Gasteiger partial charge in [-0.05, 0) is 49.8 Å². The van der Waals surface area contributed by atoms with Crippen LogP contribution in [0.25, 0.3) is 0 Å². The molecule has 3 unspecified atom stereocenters. The number of hydrogen-bond donors (Lipinski definition) is 2. The molecule has 178 valence electrons. The molecule has 2 aliphatic heterocycles. The summed E-state index contributed by atoms with van der Waals surface area (Å²) < 4.78 is 6.41. The average molecular weight is 460 g/mol. The van der Waals surface area contributed by atoms with Crippen molar-refractivity contribution in [2.45, 2.75) is 68.6 Å². The standard InChI is InChI=1S/C29H33NO4/c1-4-13-30-14-12-29-21-10-11-23(31)27(29)34-26-24(29)18(16-22(21)30)15-20(25(26)32)17(2)28(3,33)19-8-6-5-7-9-19/h4-9,15,17,21-22,27,32-33H,1,10-14,16H2,2-3H3/t17?,21-,22+,27?,28?,29-/m0/s1. The Morgan fingerprint density at radius 3 is 2.85 bits per heavy atom. The fraction of sp³-hybridized carbons (Fsp3) is 0.483. The number of ether oxygens (including phenoxy) is 1. The average Bonchev–Trinajstić information content (AvgIpc) is 3.19. The summed E-state index contributed by atoms with van der Waals surface area (Å²) in [7, 11) is 0. The highest BCUT2D eigenvalue weighted by Gasteiger charge is 2.66. The molecule has 1 saturated carbocycles. The summed E-state index contributed by atoms with van der Waals surface area (Å²) in [4.78, 5) is 15.6. The maximum absolute atomic E-state index is 13.1. The fourth-order valence-electron chi connectivity index (χ4n) is 7.56. The van der Waals surface area contributed by atoms with E-state index in [1.807, 2.05) is 43.3 Å². The Kier molecular flexibility index (Phi) is 4.78. The van der Waals surface area contributed by atoms with Gasteiger partial charge in [-0.25, -0.2) is 0 Å². The zero-order valence-corrected chi connectivity index (χ0v) is 20.0. The van der Waals surface area contributed by atoms with Crippen LogP contribution in [0.4, 0.5) is 0 Å². The minimum absolute atomic E-state index is 0.0877. The number of ketones is 1. The normalized spacial score (nSPS) is 31.9. The van der Waals surface area contributed by atoms with Gasteiger partial charge in [-0.2, -0.15) is 0 Å². The number of likely N-dealkylation sites (tertiary alicyclic amines) is 1. The molecular weight excluding hydrogens is 426 g/mol. The molecule has 6 rings (SSSR count). The number of carbonyl (C=O) groups is 1. The van der Waals surface area contributed by atoms with E-state index in [1.54, 1.807) is 6.92 Å². The molecule has 34 heavy (non-hydrogen) atoms. The number of piperidine rings is 1. The van der Waals surface area contributed by atoms with E-state index < -0.39 is 11.7 Å². The zero-order valence-electron chi connectivity index (χ0n) is 20.0. The lowest BCUT2D eigenvalue weighted by Gasteiger charge is -2.57. The lowest BCUT2D eigenvalue weighted by molar-refractivity contribution is -0.138. The first kappa shape index (κ1) is 21.9. The van der Waals surface area contributed by atoms with Crippen LogP contribution in [0.3, 0.4) is 0 Å². The van der Waals surface area contributed by atoms with Crippen molar-refractivity contribution in [3.63, 3.8) is 0 Å². The van der Waals surface area contributed by atoms with Gasteiger partial charge in [0.2, 0.25) is 0 Å². The van der Waals surface area contributed by atoms with E-state index in [9.17, 15) is 15.0 Å². The minimum atomic E-state index is -1.18. The summed E-state index contributed by atoms with van der Waals surface area (Å²) in [5, 5.41) is 23.1. The van der Waals surface area contributed by atoms with E-state index in [1.165, 1.54) is 0 Å². The number of phenols is 1. The lowest BCUT2D eigenvalue weighted by Crippen LogP contribution is -2.66. The van der Waals surface area contributed by atoms with Gasteiger partial charge in [0, 0.05) is 41.5 Å². The molecule has 1 saturated heterocycles. The molecule has 1 spiro atoms. The Balaban J connectivity index is 1.51. The molecule has 5 heteroatoms. The predicted octanol–water partition coefficient (Wildman–Crippen LogP) is 4.20. The SMILES string of the molecule is C=CCN1CC[C@]23c4c5cc(C(C)C(C)(O)c6ccccc6)c(O)c4OC2C(=O)CC[C@H]3[C@H]1C5. The van der Waals surface area contributed by atoms with E-state index in [4.69, 9.17) is 4.74 Å². The molecule has 2 aromatic rings. The van der Waals surface area contributed by atoms with Crippen molar-refractivity contribution < 1.29 is 19.7 Å². The first-order chi connectivity index (χ1) is 16.3. The van der Waals surface area contributed by atoms with Crippen LogP contribution < -0.4 is 4.74 Å². The van der Waals surface area contributed by atoms with E-state index >= 15 is 0 Å². The number of hydrogen-bond acceptors (Lipinski definition) is 5. The van der Waals surface area contributed by atoms with Crippen LogP contribution in [0.1, 0.15) is 61.3 Å². The molecule has 4 aliphatic rings. The molecule has 6 atom stereocenters. The third-order valence-corrected chi connectivity index (χ3v) is 9.40. The second-order valence-corrected chi connectivity index (χ2v) is 10.9. The van der Waals surface area contributed by atoms with Crippen molar-refractivity contribution in [1.29, 1.82) is 0 Å². The maximum Gasteiger partial charge on any atom is 0.174 e. The summed E-state index contributed by atoms with van der Waals surface area (Å²) in [6.45, 7) is 9.45. The van der Waals surface area contributed by atoms with E-state index in [0.29, 0.717) is 29.7 Å². The molecule has 0 aromatic heterocycles. The first-order valence-electron chi connectivity index (χ1n) is 12.5. The highest BCUT2D eigenvalue weighted by atomic mass is 16.5.